The smallest absolute Gasteiger partial charge is 0.240 e. The SMILES string of the molecule is Cc1ccccc1/C=N/NC(=O)CC(C)C. The summed E-state index contributed by atoms with van der Waals surface area (Å²) < 4.78 is 0. The number of nitrogens with one attached hydrogen (secondary N) is 1. The van der Waals surface area contributed by atoms with E-state index >= 15 is 0 Å². The van der Waals surface area contributed by atoms with Crippen LogP contribution in [-0.4, -0.2) is 12.1 Å². The highest BCUT2D eigenvalue weighted by Gasteiger charge is 2.02. The standard InChI is InChI=1S/C13H18N2O/c1-10(2)8-13(16)15-14-9-12-7-5-4-6-11(12)3/h4-7,9-10H,8H2,1-3H3,(H,15,16)/b14-9+. The van der Waals surface area contributed by atoms with E-state index in [0.29, 0.717) is 12.3 Å². The van der Waals surface area contributed by atoms with Crippen LogP contribution in [-0.2, 0) is 4.79 Å². The van der Waals surface area contributed by atoms with E-state index in [-0.39, 0.29) is 5.91 Å². The van der Waals surface area contributed by atoms with Gasteiger partial charge < -0.3 is 0 Å². The second-order valence-corrected chi connectivity index (χ2v) is 4.25. The van der Waals surface area contributed by atoms with Gasteiger partial charge in [0.15, 0.2) is 0 Å². The van der Waals surface area contributed by atoms with E-state index in [1.54, 1.807) is 6.21 Å². The van der Waals surface area contributed by atoms with Gasteiger partial charge in [0.2, 0.25) is 5.91 Å². The Kier molecular flexibility index (Phi) is 4.70. The summed E-state index contributed by atoms with van der Waals surface area (Å²) in [5, 5.41) is 3.93. The number of aryl methyl sites for hydroxylation is 1. The number of hydrogen-bond acceptors (Lipinski definition) is 2. The highest BCUT2D eigenvalue weighted by molar-refractivity contribution is 5.83. The Bertz CT molecular complexity index is 383. The third-order valence-corrected chi connectivity index (χ3v) is 2.17. The lowest BCUT2D eigenvalue weighted by atomic mass is 10.1. The molecule has 0 saturated heterocycles. The van der Waals surface area contributed by atoms with Crippen molar-refractivity contribution in [3.63, 3.8) is 0 Å². The van der Waals surface area contributed by atoms with Gasteiger partial charge >= 0.3 is 0 Å². The number of hydrazone groups is 1. The van der Waals surface area contributed by atoms with Crippen LogP contribution in [0.2, 0.25) is 0 Å². The minimum atomic E-state index is -0.0418. The molecule has 0 aliphatic rings. The van der Waals surface area contributed by atoms with Gasteiger partial charge in [-0.2, -0.15) is 5.10 Å². The van der Waals surface area contributed by atoms with Crippen molar-refractivity contribution >= 4 is 12.1 Å². The quantitative estimate of drug-likeness (QED) is 0.612. The zero-order chi connectivity index (χ0) is 12.0. The molecule has 1 N–H and O–H groups in total. The highest BCUT2D eigenvalue weighted by atomic mass is 16.2. The molecule has 0 bridgehead atoms. The molecule has 0 aliphatic carbocycles. The fraction of sp³-hybridized carbons (Fsp3) is 0.385. The zero-order valence-corrected chi connectivity index (χ0v) is 10.0. The summed E-state index contributed by atoms with van der Waals surface area (Å²) in [6, 6.07) is 7.90. The van der Waals surface area contributed by atoms with E-state index in [4.69, 9.17) is 0 Å². The number of amides is 1. The highest BCUT2D eigenvalue weighted by Crippen LogP contribution is 2.03. The topological polar surface area (TPSA) is 41.5 Å². The van der Waals surface area contributed by atoms with Gasteiger partial charge in [0.25, 0.3) is 0 Å². The summed E-state index contributed by atoms with van der Waals surface area (Å²) in [6.07, 6.45) is 2.18. The maximum absolute atomic E-state index is 11.3. The molecule has 0 aliphatic heterocycles. The van der Waals surface area contributed by atoms with Crippen LogP contribution in [0.4, 0.5) is 0 Å². The molecule has 1 aromatic carbocycles. The molecule has 3 heteroatoms. The molecule has 0 saturated carbocycles. The van der Waals surface area contributed by atoms with Crippen LogP contribution < -0.4 is 5.43 Å². The summed E-state index contributed by atoms with van der Waals surface area (Å²) in [7, 11) is 0. The van der Waals surface area contributed by atoms with E-state index in [1.807, 2.05) is 45.0 Å². The molecule has 1 aromatic rings. The Morgan fingerprint density at radius 2 is 2.12 bits per heavy atom. The zero-order valence-electron chi connectivity index (χ0n) is 10.0. The van der Waals surface area contributed by atoms with Crippen LogP contribution in [0.5, 0.6) is 0 Å². The van der Waals surface area contributed by atoms with Gasteiger partial charge in [0.05, 0.1) is 6.21 Å². The van der Waals surface area contributed by atoms with Gasteiger partial charge in [-0.25, -0.2) is 5.43 Å². The number of carbonyl (C=O) groups is 1. The average Bonchev–Trinajstić information content (AvgIpc) is 2.19. The monoisotopic (exact) mass is 218 g/mol. The lowest BCUT2D eigenvalue weighted by molar-refractivity contribution is -0.121. The van der Waals surface area contributed by atoms with Crippen LogP contribution in [0, 0.1) is 12.8 Å². The molecule has 1 rings (SSSR count). The number of rotatable bonds is 4. The summed E-state index contributed by atoms with van der Waals surface area (Å²) >= 11 is 0. The Balaban J connectivity index is 2.49. The van der Waals surface area contributed by atoms with Crippen LogP contribution >= 0.6 is 0 Å². The fourth-order valence-corrected chi connectivity index (χ4v) is 1.32. The predicted molar refractivity (Wildman–Crippen MR) is 66.4 cm³/mol. The molecule has 1 amide bonds. The lowest BCUT2D eigenvalue weighted by Gasteiger charge is -2.02. The van der Waals surface area contributed by atoms with Crippen LogP contribution in [0.15, 0.2) is 29.4 Å². The Labute approximate surface area is 96.6 Å². The first-order chi connectivity index (χ1) is 7.59. The maximum atomic E-state index is 11.3. The Morgan fingerprint density at radius 3 is 2.75 bits per heavy atom. The molecule has 0 radical (unpaired) electrons. The van der Waals surface area contributed by atoms with Crippen molar-refractivity contribution in [1.29, 1.82) is 0 Å². The van der Waals surface area contributed by atoms with Crippen molar-refractivity contribution in [1.82, 2.24) is 5.43 Å². The first-order valence-corrected chi connectivity index (χ1v) is 5.47. The summed E-state index contributed by atoms with van der Waals surface area (Å²) in [6.45, 7) is 6.02. The van der Waals surface area contributed by atoms with Crippen LogP contribution in [0.25, 0.3) is 0 Å². The van der Waals surface area contributed by atoms with Crippen molar-refractivity contribution in [2.75, 3.05) is 0 Å². The lowest BCUT2D eigenvalue weighted by Crippen LogP contribution is -2.19. The van der Waals surface area contributed by atoms with Gasteiger partial charge in [0.1, 0.15) is 0 Å². The van der Waals surface area contributed by atoms with Gasteiger partial charge in [0, 0.05) is 6.42 Å². The minimum Gasteiger partial charge on any atom is -0.273 e. The second kappa shape index (κ2) is 6.05. The van der Waals surface area contributed by atoms with Gasteiger partial charge in [-0.3, -0.25) is 4.79 Å². The van der Waals surface area contributed by atoms with E-state index in [1.165, 1.54) is 0 Å². The second-order valence-electron chi connectivity index (χ2n) is 4.25. The molecular formula is C13H18N2O. The number of hydrogen-bond donors (Lipinski definition) is 1. The Hall–Kier alpha value is -1.64. The summed E-state index contributed by atoms with van der Waals surface area (Å²) in [5.74, 6) is 0.313. The van der Waals surface area contributed by atoms with Crippen molar-refractivity contribution in [3.8, 4) is 0 Å². The van der Waals surface area contributed by atoms with Gasteiger partial charge in [-0.1, -0.05) is 38.1 Å². The molecule has 0 spiro atoms. The third-order valence-electron chi connectivity index (χ3n) is 2.17. The van der Waals surface area contributed by atoms with Crippen molar-refractivity contribution in [2.45, 2.75) is 27.2 Å². The van der Waals surface area contributed by atoms with E-state index in [0.717, 1.165) is 11.1 Å². The number of carbonyl (C=O) groups excluding carboxylic acids is 1. The molecular weight excluding hydrogens is 200 g/mol. The molecule has 86 valence electrons. The van der Waals surface area contributed by atoms with Crippen LogP contribution in [0.3, 0.4) is 0 Å². The van der Waals surface area contributed by atoms with Crippen molar-refractivity contribution < 1.29 is 4.79 Å². The first kappa shape index (κ1) is 12.4. The van der Waals surface area contributed by atoms with E-state index < -0.39 is 0 Å². The first-order valence-electron chi connectivity index (χ1n) is 5.47. The third kappa shape index (κ3) is 4.26. The summed E-state index contributed by atoms with van der Waals surface area (Å²) in [4.78, 5) is 11.3. The molecule has 0 heterocycles. The Morgan fingerprint density at radius 1 is 1.44 bits per heavy atom. The molecule has 0 fully saturated rings. The molecule has 0 aromatic heterocycles. The van der Waals surface area contributed by atoms with Gasteiger partial charge in [-0.15, -0.1) is 0 Å². The van der Waals surface area contributed by atoms with E-state index in [9.17, 15) is 4.79 Å². The van der Waals surface area contributed by atoms with E-state index in [2.05, 4.69) is 10.5 Å². The average molecular weight is 218 g/mol. The number of benzene rings is 1. The fourth-order valence-electron chi connectivity index (χ4n) is 1.32. The summed E-state index contributed by atoms with van der Waals surface area (Å²) in [5.41, 5.74) is 4.68. The van der Waals surface area contributed by atoms with Crippen molar-refractivity contribution in [2.24, 2.45) is 11.0 Å². The van der Waals surface area contributed by atoms with Crippen molar-refractivity contribution in [3.05, 3.63) is 35.4 Å². The molecule has 0 unspecified atom stereocenters. The predicted octanol–water partition coefficient (Wildman–Crippen LogP) is 2.49. The minimum absolute atomic E-state index is 0.0418. The van der Waals surface area contributed by atoms with Crippen LogP contribution in [0.1, 0.15) is 31.4 Å². The van der Waals surface area contributed by atoms with Gasteiger partial charge in [-0.05, 0) is 24.0 Å². The normalized spacial score (nSPS) is 11.0. The molecule has 16 heavy (non-hydrogen) atoms. The number of nitrogens with zero attached hydrogens (tertiary/aromatic N) is 1. The largest absolute Gasteiger partial charge is 0.273 e. The molecule has 0 atom stereocenters. The maximum Gasteiger partial charge on any atom is 0.240 e. The molecule has 3 nitrogen and oxygen atoms in total.